The SMILES string of the molecule is Cc1ccc(F)c(NC(=O)NC(C)CC2CC(C)NN2)c1. The molecule has 116 valence electrons. The van der Waals surface area contributed by atoms with E-state index in [4.69, 9.17) is 0 Å². The number of hydrazine groups is 1. The Labute approximate surface area is 124 Å². The molecule has 0 aliphatic carbocycles. The van der Waals surface area contributed by atoms with Crippen LogP contribution in [0.25, 0.3) is 0 Å². The number of rotatable bonds is 4. The van der Waals surface area contributed by atoms with Crippen LogP contribution >= 0.6 is 0 Å². The third-order valence-electron chi connectivity index (χ3n) is 3.56. The Kier molecular flexibility index (Phi) is 5.14. The van der Waals surface area contributed by atoms with Gasteiger partial charge in [0.15, 0.2) is 0 Å². The molecular weight excluding hydrogens is 271 g/mol. The molecule has 1 aliphatic rings. The lowest BCUT2D eigenvalue weighted by Gasteiger charge is -2.18. The first-order chi connectivity index (χ1) is 9.94. The molecule has 1 saturated heterocycles. The van der Waals surface area contributed by atoms with Crippen molar-refractivity contribution in [2.75, 3.05) is 5.32 Å². The van der Waals surface area contributed by atoms with Crippen molar-refractivity contribution in [1.82, 2.24) is 16.2 Å². The topological polar surface area (TPSA) is 65.2 Å². The maximum absolute atomic E-state index is 13.6. The van der Waals surface area contributed by atoms with Gasteiger partial charge in [-0.2, -0.15) is 0 Å². The average molecular weight is 294 g/mol. The first kappa shape index (κ1) is 15.7. The summed E-state index contributed by atoms with van der Waals surface area (Å²) < 4.78 is 13.6. The summed E-state index contributed by atoms with van der Waals surface area (Å²) >= 11 is 0. The van der Waals surface area contributed by atoms with Gasteiger partial charge in [0.2, 0.25) is 0 Å². The molecule has 1 fully saturated rings. The maximum atomic E-state index is 13.6. The van der Waals surface area contributed by atoms with Gasteiger partial charge in [-0.05, 0) is 51.3 Å². The predicted molar refractivity (Wildman–Crippen MR) is 81.5 cm³/mol. The summed E-state index contributed by atoms with van der Waals surface area (Å²) in [6.07, 6.45) is 1.85. The quantitative estimate of drug-likeness (QED) is 0.689. The second-order valence-electron chi connectivity index (χ2n) is 5.84. The van der Waals surface area contributed by atoms with E-state index in [1.807, 2.05) is 13.8 Å². The number of amides is 2. The second-order valence-corrected chi connectivity index (χ2v) is 5.84. The van der Waals surface area contributed by atoms with Gasteiger partial charge in [-0.15, -0.1) is 0 Å². The van der Waals surface area contributed by atoms with E-state index in [0.717, 1.165) is 18.4 Å². The highest BCUT2D eigenvalue weighted by Crippen LogP contribution is 2.15. The summed E-state index contributed by atoms with van der Waals surface area (Å²) in [6, 6.07) is 5.03. The zero-order valence-electron chi connectivity index (χ0n) is 12.7. The largest absolute Gasteiger partial charge is 0.335 e. The van der Waals surface area contributed by atoms with E-state index >= 15 is 0 Å². The molecule has 0 aromatic heterocycles. The summed E-state index contributed by atoms with van der Waals surface area (Å²) in [6.45, 7) is 5.90. The van der Waals surface area contributed by atoms with Crippen LogP contribution in [0.2, 0.25) is 0 Å². The standard InChI is InChI=1S/C15H23FN4O/c1-9-4-5-13(16)14(6-9)18-15(21)17-10(2)7-12-8-11(3)19-20-12/h4-6,10-12,19-20H,7-8H2,1-3H3,(H2,17,18,21). The van der Waals surface area contributed by atoms with E-state index in [1.54, 1.807) is 12.1 Å². The van der Waals surface area contributed by atoms with Gasteiger partial charge in [0.25, 0.3) is 0 Å². The number of hydrogen-bond donors (Lipinski definition) is 4. The van der Waals surface area contributed by atoms with E-state index in [1.165, 1.54) is 6.07 Å². The maximum Gasteiger partial charge on any atom is 0.319 e. The lowest BCUT2D eigenvalue weighted by molar-refractivity contribution is 0.247. The number of aryl methyl sites for hydroxylation is 1. The van der Waals surface area contributed by atoms with Crippen molar-refractivity contribution in [2.45, 2.75) is 51.7 Å². The first-order valence-electron chi connectivity index (χ1n) is 7.28. The van der Waals surface area contributed by atoms with E-state index < -0.39 is 5.82 Å². The molecule has 0 bridgehead atoms. The summed E-state index contributed by atoms with van der Waals surface area (Å²) in [5.41, 5.74) is 7.45. The molecule has 6 heteroatoms. The Bertz CT molecular complexity index is 508. The third-order valence-corrected chi connectivity index (χ3v) is 3.56. The summed E-state index contributed by atoms with van der Waals surface area (Å²) in [5, 5.41) is 5.39. The van der Waals surface area contributed by atoms with Gasteiger partial charge >= 0.3 is 6.03 Å². The Hall–Kier alpha value is -1.66. The van der Waals surface area contributed by atoms with Gasteiger partial charge in [-0.1, -0.05) is 6.07 Å². The summed E-state index contributed by atoms with van der Waals surface area (Å²) in [7, 11) is 0. The Balaban J connectivity index is 1.82. The summed E-state index contributed by atoms with van der Waals surface area (Å²) in [5.74, 6) is -0.432. The molecule has 1 aromatic carbocycles. The molecule has 4 N–H and O–H groups in total. The molecule has 0 spiro atoms. The van der Waals surface area contributed by atoms with Crippen LogP contribution in [0.1, 0.15) is 32.3 Å². The number of nitrogens with one attached hydrogen (secondary N) is 4. The van der Waals surface area contributed by atoms with Crippen LogP contribution in [-0.4, -0.2) is 24.2 Å². The van der Waals surface area contributed by atoms with Crippen LogP contribution in [0.5, 0.6) is 0 Å². The number of hydrogen-bond acceptors (Lipinski definition) is 3. The monoisotopic (exact) mass is 294 g/mol. The average Bonchev–Trinajstić information content (AvgIpc) is 2.79. The minimum absolute atomic E-state index is 0.00229. The van der Waals surface area contributed by atoms with Crippen LogP contribution in [0.3, 0.4) is 0 Å². The molecule has 0 radical (unpaired) electrons. The summed E-state index contributed by atoms with van der Waals surface area (Å²) in [4.78, 5) is 11.9. The Morgan fingerprint density at radius 1 is 1.48 bits per heavy atom. The van der Waals surface area contributed by atoms with Crippen molar-refractivity contribution in [2.24, 2.45) is 0 Å². The molecule has 3 unspecified atom stereocenters. The molecule has 2 amide bonds. The van der Waals surface area contributed by atoms with E-state index in [2.05, 4.69) is 28.4 Å². The van der Waals surface area contributed by atoms with Crippen molar-refractivity contribution < 1.29 is 9.18 Å². The highest BCUT2D eigenvalue weighted by Gasteiger charge is 2.22. The predicted octanol–water partition coefficient (Wildman–Crippen LogP) is 2.29. The van der Waals surface area contributed by atoms with Gasteiger partial charge < -0.3 is 10.6 Å². The number of anilines is 1. The minimum Gasteiger partial charge on any atom is -0.335 e. The zero-order chi connectivity index (χ0) is 15.4. The van der Waals surface area contributed by atoms with Crippen molar-refractivity contribution in [3.05, 3.63) is 29.6 Å². The first-order valence-corrected chi connectivity index (χ1v) is 7.28. The van der Waals surface area contributed by atoms with Crippen molar-refractivity contribution in [3.63, 3.8) is 0 Å². The number of halogens is 1. The van der Waals surface area contributed by atoms with Gasteiger partial charge in [-0.25, -0.2) is 9.18 Å². The molecule has 0 saturated carbocycles. The normalized spacial score (nSPS) is 22.9. The fourth-order valence-electron chi connectivity index (χ4n) is 2.56. The molecule has 5 nitrogen and oxygen atoms in total. The van der Waals surface area contributed by atoms with Crippen molar-refractivity contribution in [1.29, 1.82) is 0 Å². The highest BCUT2D eigenvalue weighted by molar-refractivity contribution is 5.89. The minimum atomic E-state index is -0.432. The van der Waals surface area contributed by atoms with Crippen LogP contribution in [0, 0.1) is 12.7 Å². The third kappa shape index (κ3) is 4.68. The molecule has 2 rings (SSSR count). The fraction of sp³-hybridized carbons (Fsp3) is 0.533. The fourth-order valence-corrected chi connectivity index (χ4v) is 2.56. The second kappa shape index (κ2) is 6.87. The molecule has 1 aliphatic heterocycles. The van der Waals surface area contributed by atoms with Gasteiger partial charge in [0.05, 0.1) is 5.69 Å². The Morgan fingerprint density at radius 2 is 2.24 bits per heavy atom. The van der Waals surface area contributed by atoms with Crippen LogP contribution in [0.4, 0.5) is 14.9 Å². The van der Waals surface area contributed by atoms with Crippen molar-refractivity contribution >= 4 is 11.7 Å². The molecule has 1 aromatic rings. The number of benzene rings is 1. The van der Waals surface area contributed by atoms with E-state index in [0.29, 0.717) is 12.1 Å². The van der Waals surface area contributed by atoms with Crippen LogP contribution in [0.15, 0.2) is 18.2 Å². The van der Waals surface area contributed by atoms with Crippen LogP contribution < -0.4 is 21.5 Å². The molecule has 1 heterocycles. The molecule has 3 atom stereocenters. The van der Waals surface area contributed by atoms with E-state index in [9.17, 15) is 9.18 Å². The smallest absolute Gasteiger partial charge is 0.319 e. The number of carbonyl (C=O) groups excluding carboxylic acids is 1. The number of urea groups is 1. The van der Waals surface area contributed by atoms with E-state index in [-0.39, 0.29) is 17.8 Å². The van der Waals surface area contributed by atoms with Crippen LogP contribution in [-0.2, 0) is 0 Å². The van der Waals surface area contributed by atoms with Crippen molar-refractivity contribution in [3.8, 4) is 0 Å². The van der Waals surface area contributed by atoms with Gasteiger partial charge in [0.1, 0.15) is 5.82 Å². The molecular formula is C15H23FN4O. The molecule has 21 heavy (non-hydrogen) atoms. The lowest BCUT2D eigenvalue weighted by Crippen LogP contribution is -2.41. The highest BCUT2D eigenvalue weighted by atomic mass is 19.1. The number of carbonyl (C=O) groups is 1. The van der Waals surface area contributed by atoms with Gasteiger partial charge in [0, 0.05) is 18.1 Å². The Morgan fingerprint density at radius 3 is 2.90 bits per heavy atom. The zero-order valence-corrected chi connectivity index (χ0v) is 12.7. The van der Waals surface area contributed by atoms with Gasteiger partial charge in [-0.3, -0.25) is 10.9 Å². The lowest BCUT2D eigenvalue weighted by atomic mass is 10.0.